The zero-order chi connectivity index (χ0) is 14.3. The Morgan fingerprint density at radius 1 is 1.17 bits per heavy atom. The molecule has 0 radical (unpaired) electrons. The lowest BCUT2D eigenvalue weighted by Gasteiger charge is -2.25. The molecule has 0 aliphatic carbocycles. The molecular formula is C14H26O4. The zero-order valence-electron chi connectivity index (χ0n) is 12.4. The SMILES string of the molecule is CCCCC(C(=O)OC)C(C)C(=O)OC(C)(C)C. The maximum Gasteiger partial charge on any atom is 0.310 e. The van der Waals surface area contributed by atoms with Crippen LogP contribution in [0.5, 0.6) is 0 Å². The van der Waals surface area contributed by atoms with Crippen molar-refractivity contribution in [3.63, 3.8) is 0 Å². The molecule has 0 saturated carbocycles. The number of hydrogen-bond acceptors (Lipinski definition) is 4. The third-order valence-corrected chi connectivity index (χ3v) is 2.75. The maximum atomic E-state index is 12.0. The van der Waals surface area contributed by atoms with Crippen LogP contribution in [-0.2, 0) is 19.1 Å². The molecule has 106 valence electrons. The first-order valence-corrected chi connectivity index (χ1v) is 6.53. The van der Waals surface area contributed by atoms with Crippen LogP contribution in [0.2, 0.25) is 0 Å². The van der Waals surface area contributed by atoms with E-state index in [2.05, 4.69) is 0 Å². The number of ether oxygens (including phenoxy) is 2. The predicted molar refractivity (Wildman–Crippen MR) is 70.0 cm³/mol. The Labute approximate surface area is 110 Å². The van der Waals surface area contributed by atoms with Crippen molar-refractivity contribution in [2.75, 3.05) is 7.11 Å². The minimum Gasteiger partial charge on any atom is -0.469 e. The second-order valence-corrected chi connectivity index (χ2v) is 5.59. The molecule has 0 spiro atoms. The molecule has 0 aliphatic heterocycles. The van der Waals surface area contributed by atoms with Crippen LogP contribution in [0.25, 0.3) is 0 Å². The van der Waals surface area contributed by atoms with Crippen LogP contribution in [0.1, 0.15) is 53.9 Å². The summed E-state index contributed by atoms with van der Waals surface area (Å²) in [6.45, 7) is 9.22. The van der Waals surface area contributed by atoms with Crippen LogP contribution in [0.15, 0.2) is 0 Å². The molecule has 0 aromatic heterocycles. The molecule has 2 atom stereocenters. The Hall–Kier alpha value is -1.06. The molecule has 0 fully saturated rings. The highest BCUT2D eigenvalue weighted by atomic mass is 16.6. The number of esters is 2. The number of hydrogen-bond donors (Lipinski definition) is 0. The molecule has 0 saturated heterocycles. The van der Waals surface area contributed by atoms with Gasteiger partial charge in [0.25, 0.3) is 0 Å². The largest absolute Gasteiger partial charge is 0.469 e. The molecule has 0 bridgehead atoms. The minimum atomic E-state index is -0.531. The third kappa shape index (κ3) is 6.03. The molecule has 4 nitrogen and oxygen atoms in total. The fourth-order valence-electron chi connectivity index (χ4n) is 1.71. The summed E-state index contributed by atoms with van der Waals surface area (Å²) in [6.07, 6.45) is 2.53. The molecule has 2 unspecified atom stereocenters. The van der Waals surface area contributed by atoms with Crippen LogP contribution in [0.4, 0.5) is 0 Å². The number of methoxy groups -OCH3 is 1. The maximum absolute atomic E-state index is 12.0. The molecule has 4 heteroatoms. The van der Waals surface area contributed by atoms with Gasteiger partial charge in [0, 0.05) is 0 Å². The van der Waals surface area contributed by atoms with Gasteiger partial charge >= 0.3 is 11.9 Å². The number of rotatable bonds is 6. The third-order valence-electron chi connectivity index (χ3n) is 2.75. The summed E-state index contributed by atoms with van der Waals surface area (Å²) in [5, 5.41) is 0. The average Bonchev–Trinajstić information content (AvgIpc) is 2.26. The monoisotopic (exact) mass is 258 g/mol. The normalized spacial score (nSPS) is 14.8. The molecule has 0 aromatic rings. The van der Waals surface area contributed by atoms with Crippen molar-refractivity contribution >= 4 is 11.9 Å². The van der Waals surface area contributed by atoms with Gasteiger partial charge in [0.15, 0.2) is 0 Å². The van der Waals surface area contributed by atoms with Gasteiger partial charge in [-0.3, -0.25) is 9.59 Å². The summed E-state index contributed by atoms with van der Waals surface area (Å²) >= 11 is 0. The van der Waals surface area contributed by atoms with Crippen molar-refractivity contribution in [2.24, 2.45) is 11.8 Å². The smallest absolute Gasteiger partial charge is 0.310 e. The highest BCUT2D eigenvalue weighted by Gasteiger charge is 2.33. The van der Waals surface area contributed by atoms with Gasteiger partial charge in [-0.2, -0.15) is 0 Å². The van der Waals surface area contributed by atoms with Crippen molar-refractivity contribution in [3.05, 3.63) is 0 Å². The number of unbranched alkanes of at least 4 members (excludes halogenated alkanes) is 1. The molecule has 0 aliphatic rings. The first kappa shape index (κ1) is 16.9. The van der Waals surface area contributed by atoms with Gasteiger partial charge < -0.3 is 9.47 Å². The van der Waals surface area contributed by atoms with Gasteiger partial charge in [0.05, 0.1) is 18.9 Å². The Bertz CT molecular complexity index is 278. The second kappa shape index (κ2) is 7.39. The summed E-state index contributed by atoms with van der Waals surface area (Å²) in [5.74, 6) is -1.55. The van der Waals surface area contributed by atoms with Crippen molar-refractivity contribution in [3.8, 4) is 0 Å². The van der Waals surface area contributed by atoms with Gasteiger partial charge in [-0.15, -0.1) is 0 Å². The summed E-state index contributed by atoms with van der Waals surface area (Å²) in [5.41, 5.74) is -0.531. The van der Waals surface area contributed by atoms with E-state index in [1.54, 1.807) is 6.92 Å². The molecule has 0 aromatic carbocycles. The van der Waals surface area contributed by atoms with Crippen LogP contribution >= 0.6 is 0 Å². The highest BCUT2D eigenvalue weighted by molar-refractivity contribution is 5.81. The Balaban J connectivity index is 4.68. The molecular weight excluding hydrogens is 232 g/mol. The summed E-state index contributed by atoms with van der Waals surface area (Å²) in [4.78, 5) is 23.7. The Kier molecular flexibility index (Phi) is 6.96. The number of carbonyl (C=O) groups excluding carboxylic acids is 2. The fraction of sp³-hybridized carbons (Fsp3) is 0.857. The molecule has 0 heterocycles. The lowest BCUT2D eigenvalue weighted by Crippen LogP contribution is -2.34. The van der Waals surface area contributed by atoms with E-state index >= 15 is 0 Å². The van der Waals surface area contributed by atoms with E-state index in [-0.39, 0.29) is 11.9 Å². The average molecular weight is 258 g/mol. The van der Waals surface area contributed by atoms with Crippen molar-refractivity contribution in [2.45, 2.75) is 59.5 Å². The molecule has 0 N–H and O–H groups in total. The molecule has 0 rings (SSSR count). The van der Waals surface area contributed by atoms with E-state index in [4.69, 9.17) is 9.47 Å². The van der Waals surface area contributed by atoms with E-state index < -0.39 is 17.4 Å². The fourth-order valence-corrected chi connectivity index (χ4v) is 1.71. The van der Waals surface area contributed by atoms with E-state index in [0.717, 1.165) is 12.8 Å². The zero-order valence-corrected chi connectivity index (χ0v) is 12.4. The molecule has 18 heavy (non-hydrogen) atoms. The van der Waals surface area contributed by atoms with Crippen LogP contribution in [0.3, 0.4) is 0 Å². The van der Waals surface area contributed by atoms with Gasteiger partial charge in [-0.25, -0.2) is 0 Å². The first-order valence-electron chi connectivity index (χ1n) is 6.53. The lowest BCUT2D eigenvalue weighted by atomic mass is 9.89. The van der Waals surface area contributed by atoms with Gasteiger partial charge in [-0.1, -0.05) is 26.7 Å². The predicted octanol–water partition coefficient (Wildman–Crippen LogP) is 2.94. The van der Waals surface area contributed by atoms with Gasteiger partial charge in [0.2, 0.25) is 0 Å². The van der Waals surface area contributed by atoms with Crippen molar-refractivity contribution in [1.82, 2.24) is 0 Å². The topological polar surface area (TPSA) is 52.6 Å². The Morgan fingerprint density at radius 2 is 1.72 bits per heavy atom. The van der Waals surface area contributed by atoms with Crippen LogP contribution in [-0.4, -0.2) is 24.6 Å². The first-order chi connectivity index (χ1) is 8.22. The minimum absolute atomic E-state index is 0.332. The van der Waals surface area contributed by atoms with Crippen molar-refractivity contribution in [1.29, 1.82) is 0 Å². The Morgan fingerprint density at radius 3 is 2.11 bits per heavy atom. The number of carbonyl (C=O) groups is 2. The van der Waals surface area contributed by atoms with E-state index in [9.17, 15) is 9.59 Å². The molecule has 0 amide bonds. The van der Waals surface area contributed by atoms with Crippen LogP contribution in [0, 0.1) is 11.8 Å². The van der Waals surface area contributed by atoms with Crippen molar-refractivity contribution < 1.29 is 19.1 Å². The standard InChI is InChI=1S/C14H26O4/c1-7-8-9-11(13(16)17-6)10(2)12(15)18-14(3,4)5/h10-11H,7-9H2,1-6H3. The quantitative estimate of drug-likeness (QED) is 0.687. The van der Waals surface area contributed by atoms with E-state index in [1.807, 2.05) is 27.7 Å². The summed E-state index contributed by atoms with van der Waals surface area (Å²) in [7, 11) is 1.35. The van der Waals surface area contributed by atoms with E-state index in [0.29, 0.717) is 6.42 Å². The summed E-state index contributed by atoms with van der Waals surface area (Å²) < 4.78 is 10.1. The van der Waals surface area contributed by atoms with E-state index in [1.165, 1.54) is 7.11 Å². The summed E-state index contributed by atoms with van der Waals surface area (Å²) in [6, 6.07) is 0. The second-order valence-electron chi connectivity index (χ2n) is 5.59. The van der Waals surface area contributed by atoms with Crippen LogP contribution < -0.4 is 0 Å². The van der Waals surface area contributed by atoms with Gasteiger partial charge in [0.1, 0.15) is 5.60 Å². The lowest BCUT2D eigenvalue weighted by molar-refractivity contribution is -0.166. The van der Waals surface area contributed by atoms with Gasteiger partial charge in [-0.05, 0) is 27.2 Å². The highest BCUT2D eigenvalue weighted by Crippen LogP contribution is 2.23.